The first-order valence-electron chi connectivity index (χ1n) is 7.89. The van der Waals surface area contributed by atoms with Gasteiger partial charge in [0.15, 0.2) is 0 Å². The molecule has 2 heteroatoms. The highest BCUT2D eigenvalue weighted by Gasteiger charge is 2.26. The molecule has 0 aliphatic carbocycles. The summed E-state index contributed by atoms with van der Waals surface area (Å²) in [5.41, 5.74) is 2.76. The quantitative estimate of drug-likeness (QED) is 0.922. The van der Waals surface area contributed by atoms with Gasteiger partial charge in [0, 0.05) is 6.04 Å². The van der Waals surface area contributed by atoms with Crippen LogP contribution in [0.3, 0.4) is 0 Å². The smallest absolute Gasteiger partial charge is 0.0601 e. The molecule has 3 rings (SSSR count). The van der Waals surface area contributed by atoms with Crippen LogP contribution in [0.15, 0.2) is 60.7 Å². The van der Waals surface area contributed by atoms with Crippen molar-refractivity contribution in [3.05, 3.63) is 71.8 Å². The highest BCUT2D eigenvalue weighted by Crippen LogP contribution is 2.30. The van der Waals surface area contributed by atoms with Crippen LogP contribution in [0.4, 0.5) is 0 Å². The summed E-state index contributed by atoms with van der Waals surface area (Å²) in [5, 5.41) is 3.46. The molecule has 2 aromatic carbocycles. The van der Waals surface area contributed by atoms with Crippen LogP contribution in [0.1, 0.15) is 30.0 Å². The van der Waals surface area contributed by atoms with Crippen molar-refractivity contribution in [3.63, 3.8) is 0 Å². The van der Waals surface area contributed by atoms with Gasteiger partial charge in [0.25, 0.3) is 0 Å². The Labute approximate surface area is 127 Å². The minimum atomic E-state index is 0.343. The lowest BCUT2D eigenvalue weighted by Crippen LogP contribution is -2.43. The molecule has 21 heavy (non-hydrogen) atoms. The third-order valence-electron chi connectivity index (χ3n) is 4.52. The molecule has 0 atom stereocenters. The van der Waals surface area contributed by atoms with E-state index in [1.807, 2.05) is 0 Å². The van der Waals surface area contributed by atoms with Crippen LogP contribution >= 0.6 is 0 Å². The molecule has 1 heterocycles. The summed E-state index contributed by atoms with van der Waals surface area (Å²) in [6, 6.07) is 22.7. The van der Waals surface area contributed by atoms with E-state index < -0.39 is 0 Å². The highest BCUT2D eigenvalue weighted by molar-refractivity contribution is 5.31. The van der Waals surface area contributed by atoms with E-state index >= 15 is 0 Å². The lowest BCUT2D eigenvalue weighted by molar-refractivity contribution is 0.163. The van der Waals surface area contributed by atoms with Crippen molar-refractivity contribution >= 4 is 0 Å². The number of nitrogens with one attached hydrogen (secondary N) is 1. The Morgan fingerprint density at radius 3 is 1.81 bits per heavy atom. The van der Waals surface area contributed by atoms with Gasteiger partial charge in [0.05, 0.1) is 6.04 Å². The van der Waals surface area contributed by atoms with Crippen LogP contribution in [-0.2, 0) is 0 Å². The third-order valence-corrected chi connectivity index (χ3v) is 4.52. The van der Waals surface area contributed by atoms with Gasteiger partial charge >= 0.3 is 0 Å². The van der Waals surface area contributed by atoms with E-state index in [0.29, 0.717) is 12.1 Å². The van der Waals surface area contributed by atoms with Gasteiger partial charge in [-0.2, -0.15) is 0 Å². The fraction of sp³-hybridized carbons (Fsp3) is 0.368. The van der Waals surface area contributed by atoms with E-state index in [9.17, 15) is 0 Å². The summed E-state index contributed by atoms with van der Waals surface area (Å²) in [4.78, 5) is 2.56. The van der Waals surface area contributed by atoms with Gasteiger partial charge in [-0.05, 0) is 44.1 Å². The molecule has 1 N–H and O–H groups in total. The maximum atomic E-state index is 3.46. The first-order valence-corrected chi connectivity index (χ1v) is 7.89. The first-order chi connectivity index (χ1) is 10.4. The van der Waals surface area contributed by atoms with E-state index in [1.54, 1.807) is 0 Å². The number of hydrogen-bond acceptors (Lipinski definition) is 2. The Balaban J connectivity index is 1.92. The van der Waals surface area contributed by atoms with Crippen molar-refractivity contribution in [2.75, 3.05) is 20.1 Å². The van der Waals surface area contributed by atoms with E-state index in [2.05, 4.69) is 77.9 Å². The summed E-state index contributed by atoms with van der Waals surface area (Å²) < 4.78 is 0. The minimum Gasteiger partial charge on any atom is -0.317 e. The number of hydrogen-bond donors (Lipinski definition) is 1. The summed E-state index contributed by atoms with van der Waals surface area (Å²) >= 11 is 0. The molecule has 1 saturated heterocycles. The Morgan fingerprint density at radius 2 is 1.33 bits per heavy atom. The van der Waals surface area contributed by atoms with E-state index in [4.69, 9.17) is 0 Å². The molecule has 0 amide bonds. The lowest BCUT2D eigenvalue weighted by atomic mass is 9.94. The van der Waals surface area contributed by atoms with Crippen molar-refractivity contribution < 1.29 is 0 Å². The topological polar surface area (TPSA) is 15.3 Å². The number of benzene rings is 2. The zero-order valence-corrected chi connectivity index (χ0v) is 12.7. The van der Waals surface area contributed by atoms with Crippen LogP contribution in [0.5, 0.6) is 0 Å². The monoisotopic (exact) mass is 280 g/mol. The van der Waals surface area contributed by atoms with Gasteiger partial charge in [-0.25, -0.2) is 0 Å². The van der Waals surface area contributed by atoms with Gasteiger partial charge in [0.1, 0.15) is 0 Å². The van der Waals surface area contributed by atoms with Gasteiger partial charge in [0.2, 0.25) is 0 Å². The predicted octanol–water partition coefficient (Wildman–Crippen LogP) is 3.46. The zero-order chi connectivity index (χ0) is 14.5. The van der Waals surface area contributed by atoms with Gasteiger partial charge < -0.3 is 5.32 Å². The molecule has 110 valence electrons. The van der Waals surface area contributed by atoms with Crippen LogP contribution in [0.25, 0.3) is 0 Å². The number of piperidine rings is 1. The predicted molar refractivity (Wildman–Crippen MR) is 88.4 cm³/mol. The summed E-state index contributed by atoms with van der Waals surface area (Å²) in [7, 11) is 2.28. The van der Waals surface area contributed by atoms with Crippen molar-refractivity contribution in [1.82, 2.24) is 10.2 Å². The standard InChI is InChI=1S/C19H24N2/c1-21(18-12-14-20-15-13-18)19(16-8-4-2-5-9-16)17-10-6-3-7-11-17/h2-11,18-20H,12-15H2,1H3. The molecular formula is C19H24N2. The van der Waals surface area contributed by atoms with E-state index in [0.717, 1.165) is 13.1 Å². The molecule has 0 spiro atoms. The SMILES string of the molecule is CN(C1CCNCC1)C(c1ccccc1)c1ccccc1. The lowest BCUT2D eigenvalue weighted by Gasteiger charge is -2.38. The fourth-order valence-corrected chi connectivity index (χ4v) is 3.36. The Bertz CT molecular complexity index is 493. The molecule has 2 nitrogen and oxygen atoms in total. The second-order valence-electron chi connectivity index (χ2n) is 5.87. The van der Waals surface area contributed by atoms with Crippen LogP contribution in [-0.4, -0.2) is 31.1 Å². The number of rotatable bonds is 4. The molecule has 0 bridgehead atoms. The van der Waals surface area contributed by atoms with Crippen LogP contribution < -0.4 is 5.32 Å². The Hall–Kier alpha value is -1.64. The van der Waals surface area contributed by atoms with Crippen molar-refractivity contribution in [2.45, 2.75) is 24.9 Å². The third kappa shape index (κ3) is 3.34. The molecule has 1 aliphatic rings. The van der Waals surface area contributed by atoms with Gasteiger partial charge in [-0.15, -0.1) is 0 Å². The largest absolute Gasteiger partial charge is 0.317 e. The molecule has 1 fully saturated rings. The zero-order valence-electron chi connectivity index (χ0n) is 12.7. The summed E-state index contributed by atoms with van der Waals surface area (Å²) in [6.07, 6.45) is 2.46. The van der Waals surface area contributed by atoms with Gasteiger partial charge in [-0.1, -0.05) is 60.7 Å². The molecule has 0 aromatic heterocycles. The average molecular weight is 280 g/mol. The van der Waals surface area contributed by atoms with Crippen LogP contribution in [0.2, 0.25) is 0 Å². The minimum absolute atomic E-state index is 0.343. The maximum Gasteiger partial charge on any atom is 0.0601 e. The van der Waals surface area contributed by atoms with Crippen molar-refractivity contribution in [2.24, 2.45) is 0 Å². The van der Waals surface area contributed by atoms with E-state index in [-0.39, 0.29) is 0 Å². The van der Waals surface area contributed by atoms with Crippen molar-refractivity contribution in [1.29, 1.82) is 0 Å². The summed E-state index contributed by atoms with van der Waals surface area (Å²) in [6.45, 7) is 2.26. The molecule has 0 radical (unpaired) electrons. The molecular weight excluding hydrogens is 256 g/mol. The Kier molecular flexibility index (Phi) is 4.69. The second-order valence-corrected chi connectivity index (χ2v) is 5.87. The molecule has 0 unspecified atom stereocenters. The first kappa shape index (κ1) is 14.3. The molecule has 0 saturated carbocycles. The fourth-order valence-electron chi connectivity index (χ4n) is 3.36. The number of nitrogens with zero attached hydrogens (tertiary/aromatic N) is 1. The molecule has 2 aromatic rings. The van der Waals surface area contributed by atoms with Crippen molar-refractivity contribution in [3.8, 4) is 0 Å². The summed E-state index contributed by atoms with van der Waals surface area (Å²) in [5.74, 6) is 0. The average Bonchev–Trinajstić information content (AvgIpc) is 2.58. The Morgan fingerprint density at radius 1 is 0.857 bits per heavy atom. The normalized spacial score (nSPS) is 16.5. The van der Waals surface area contributed by atoms with Gasteiger partial charge in [-0.3, -0.25) is 4.90 Å². The van der Waals surface area contributed by atoms with E-state index in [1.165, 1.54) is 24.0 Å². The molecule has 1 aliphatic heterocycles. The second kappa shape index (κ2) is 6.88. The highest BCUT2D eigenvalue weighted by atomic mass is 15.2. The van der Waals surface area contributed by atoms with Crippen LogP contribution in [0, 0.1) is 0 Å². The maximum absolute atomic E-state index is 3.46.